The van der Waals surface area contributed by atoms with E-state index in [-0.39, 0.29) is 5.82 Å². The lowest BCUT2D eigenvalue weighted by atomic mass is 9.73. The fourth-order valence-corrected chi connectivity index (χ4v) is 2.68. The van der Waals surface area contributed by atoms with Gasteiger partial charge in [0.15, 0.2) is 0 Å². The number of hydrogen-bond acceptors (Lipinski definition) is 0. The molecule has 0 aliphatic rings. The third kappa shape index (κ3) is 1.75. The predicted molar refractivity (Wildman–Crippen MR) is 70.9 cm³/mol. The first-order valence-corrected chi connectivity index (χ1v) is 5.50. The average Bonchev–Trinajstić information content (AvgIpc) is 2.11. The Hall–Kier alpha value is -0.290. The number of rotatable bonds is 1. The summed E-state index contributed by atoms with van der Waals surface area (Å²) in [6.07, 6.45) is 0. The fourth-order valence-electron chi connectivity index (χ4n) is 1.91. The van der Waals surface area contributed by atoms with Gasteiger partial charge in [-0.3, -0.25) is 0 Å². The lowest BCUT2D eigenvalue weighted by Gasteiger charge is -2.19. The Balaban J connectivity index is 3.60. The highest BCUT2D eigenvalue weighted by Crippen LogP contribution is 2.14. The second kappa shape index (κ2) is 4.06. The summed E-state index contributed by atoms with van der Waals surface area (Å²) < 4.78 is 13.8. The van der Waals surface area contributed by atoms with Crippen molar-refractivity contribution in [2.24, 2.45) is 0 Å². The van der Waals surface area contributed by atoms with Crippen LogP contribution in [0.1, 0.15) is 30.9 Å². The van der Waals surface area contributed by atoms with Gasteiger partial charge in [-0.2, -0.15) is 0 Å². The van der Waals surface area contributed by atoms with E-state index in [2.05, 4.69) is 30.9 Å². The first kappa shape index (κ1) is 11.8. The van der Waals surface area contributed by atoms with Crippen LogP contribution in [0.5, 0.6) is 0 Å². The largest absolute Gasteiger partial charge is 0.206 e. The molecule has 0 fully saturated rings. The Labute approximate surface area is 89.7 Å². The molecule has 4 heteroatoms. The van der Waals surface area contributed by atoms with Gasteiger partial charge in [0.05, 0.1) is 0 Å². The lowest BCUT2D eigenvalue weighted by Crippen LogP contribution is -2.38. The van der Waals surface area contributed by atoms with Crippen molar-refractivity contribution in [1.29, 1.82) is 0 Å². The zero-order chi connectivity index (χ0) is 11.0. The number of hydrogen-bond donors (Lipinski definition) is 0. The molecule has 1 unspecified atom stereocenters. The molecule has 0 radical (unpaired) electrons. The van der Waals surface area contributed by atoms with Gasteiger partial charge in [0.2, 0.25) is 0 Å². The molecule has 0 aliphatic heterocycles. The highest BCUT2D eigenvalue weighted by molar-refractivity contribution is 7.27. The van der Waals surface area contributed by atoms with Crippen molar-refractivity contribution in [1.82, 2.24) is 0 Å². The second-order valence-electron chi connectivity index (χ2n) is 4.17. The molecule has 1 aromatic carbocycles. The molecule has 1 atom stereocenters. The van der Waals surface area contributed by atoms with Crippen molar-refractivity contribution in [3.05, 3.63) is 16.9 Å². The molecule has 0 amide bonds. The van der Waals surface area contributed by atoms with Crippen molar-refractivity contribution in [3.63, 3.8) is 0 Å². The van der Waals surface area contributed by atoms with Crippen molar-refractivity contribution < 1.29 is 4.39 Å². The fraction of sp³-hybridized carbons (Fsp3) is 0.400. The van der Waals surface area contributed by atoms with Crippen LogP contribution in [0.4, 0.5) is 4.39 Å². The molecule has 14 heavy (non-hydrogen) atoms. The Bertz CT molecular complexity index is 346. The van der Waals surface area contributed by atoms with Gasteiger partial charge in [0.1, 0.15) is 21.5 Å². The molecule has 0 spiro atoms. The van der Waals surface area contributed by atoms with E-state index in [1.54, 1.807) is 0 Å². The van der Waals surface area contributed by atoms with Gasteiger partial charge < -0.3 is 0 Å². The minimum absolute atomic E-state index is 0.0678. The lowest BCUT2D eigenvalue weighted by molar-refractivity contribution is 0.626. The van der Waals surface area contributed by atoms with Gasteiger partial charge in [-0.25, -0.2) is 4.39 Å². The summed E-state index contributed by atoms with van der Waals surface area (Å²) in [7, 11) is 6.59. The third-order valence-corrected chi connectivity index (χ3v) is 3.53. The summed E-state index contributed by atoms with van der Waals surface area (Å²) in [5, 5.41) is 0.737. The molecule has 1 rings (SSSR count). The smallest absolute Gasteiger partial charge is 0.139 e. The van der Waals surface area contributed by atoms with Crippen LogP contribution in [0.3, 0.4) is 0 Å². The first-order valence-electron chi connectivity index (χ1n) is 4.92. The van der Waals surface area contributed by atoms with Crippen LogP contribution in [0.25, 0.3) is 0 Å². The van der Waals surface area contributed by atoms with Gasteiger partial charge >= 0.3 is 0 Å². The molecule has 0 bridgehead atoms. The maximum Gasteiger partial charge on any atom is 0.139 e. The summed E-state index contributed by atoms with van der Waals surface area (Å²) in [4.78, 5) is 0. The van der Waals surface area contributed by atoms with Crippen LogP contribution in [-0.4, -0.2) is 15.7 Å². The highest BCUT2D eigenvalue weighted by Gasteiger charge is 2.15. The van der Waals surface area contributed by atoms with Crippen molar-refractivity contribution in [3.8, 4) is 0 Å². The van der Waals surface area contributed by atoms with E-state index in [4.69, 9.17) is 0 Å². The highest BCUT2D eigenvalue weighted by atomic mass is 31.0. The van der Waals surface area contributed by atoms with Crippen molar-refractivity contribution in [2.75, 3.05) is 0 Å². The summed E-state index contributed by atoms with van der Waals surface area (Å²) in [6.45, 7) is 6.05. The third-order valence-electron chi connectivity index (χ3n) is 2.96. The van der Waals surface area contributed by atoms with E-state index < -0.39 is 0 Å². The van der Waals surface area contributed by atoms with Crippen LogP contribution in [0, 0.1) is 12.7 Å². The van der Waals surface area contributed by atoms with Crippen LogP contribution >= 0.6 is 9.24 Å². The van der Waals surface area contributed by atoms with Crippen LogP contribution in [0.2, 0.25) is 0 Å². The second-order valence-corrected chi connectivity index (χ2v) is 4.75. The molecule has 0 saturated carbocycles. The molecule has 0 aliphatic carbocycles. The van der Waals surface area contributed by atoms with E-state index in [1.165, 1.54) is 5.46 Å². The molecule has 74 valence electrons. The first-order chi connectivity index (χ1) is 6.37. The van der Waals surface area contributed by atoms with Gasteiger partial charge in [-0.1, -0.05) is 24.8 Å². The van der Waals surface area contributed by atoms with E-state index in [1.807, 2.05) is 14.8 Å². The maximum absolute atomic E-state index is 13.8. The Morgan fingerprint density at radius 3 is 2.14 bits per heavy atom. The molecular formula is C10H16B2FP. The van der Waals surface area contributed by atoms with Gasteiger partial charge in [-0.15, -0.1) is 9.24 Å². The number of benzene rings is 1. The van der Waals surface area contributed by atoms with Crippen LogP contribution in [0.15, 0.2) is 0 Å². The minimum Gasteiger partial charge on any atom is -0.206 e. The van der Waals surface area contributed by atoms with Crippen LogP contribution in [-0.2, 0) is 0 Å². The predicted octanol–water partition coefficient (Wildman–Crippen LogP) is -0.725. The Morgan fingerprint density at radius 2 is 1.71 bits per heavy atom. The molecule has 1 aromatic rings. The molecule has 0 aromatic heterocycles. The van der Waals surface area contributed by atoms with Crippen molar-refractivity contribution >= 4 is 41.2 Å². The average molecular weight is 208 g/mol. The molecule has 0 nitrogen and oxygen atoms in total. The zero-order valence-corrected chi connectivity index (χ0v) is 10.7. The maximum atomic E-state index is 13.8. The number of halogens is 1. The Kier molecular flexibility index (Phi) is 3.42. The van der Waals surface area contributed by atoms with E-state index in [0.29, 0.717) is 5.92 Å². The molecular weight excluding hydrogens is 192 g/mol. The molecule has 0 saturated heterocycles. The van der Waals surface area contributed by atoms with E-state index in [0.717, 1.165) is 21.9 Å². The Morgan fingerprint density at radius 1 is 1.21 bits per heavy atom. The quantitative estimate of drug-likeness (QED) is 0.421. The SMILES string of the molecule is Bc1c(B)c(C(C)C)c(P)c(F)c1C. The monoisotopic (exact) mass is 208 g/mol. The standard InChI is InChI=1S/C10H16B2FP/c1-4(2)6-8(12)7(11)5(3)9(13)10(6)14/h4H,11-12,14H2,1-3H3. The molecule has 0 heterocycles. The van der Waals surface area contributed by atoms with Gasteiger partial charge in [0, 0.05) is 5.30 Å². The van der Waals surface area contributed by atoms with E-state index in [9.17, 15) is 4.39 Å². The summed E-state index contributed by atoms with van der Waals surface area (Å²) in [5.41, 5.74) is 4.22. The topological polar surface area (TPSA) is 0 Å². The summed E-state index contributed by atoms with van der Waals surface area (Å²) >= 11 is 0. The van der Waals surface area contributed by atoms with E-state index >= 15 is 0 Å². The van der Waals surface area contributed by atoms with Crippen molar-refractivity contribution in [2.45, 2.75) is 26.7 Å². The van der Waals surface area contributed by atoms with Gasteiger partial charge in [-0.05, 0) is 24.0 Å². The van der Waals surface area contributed by atoms with Gasteiger partial charge in [0.25, 0.3) is 0 Å². The normalized spacial score (nSPS) is 11.0. The minimum atomic E-state index is -0.0678. The summed E-state index contributed by atoms with van der Waals surface area (Å²) in [6, 6.07) is 0. The zero-order valence-electron chi connectivity index (χ0n) is 9.53. The molecule has 0 N–H and O–H groups in total. The summed E-state index contributed by atoms with van der Waals surface area (Å²) in [5.74, 6) is 0.304. The van der Waals surface area contributed by atoms with Crippen LogP contribution < -0.4 is 16.2 Å².